The standard InChI is InChI=1S/C16H18O4/c1-9(2)5-7-11-14(17)13-10(3)6-8-12(19-4)15(13)20-16(11)18/h5-6,8,17H,7H2,1-4H3. The molecule has 0 bridgehead atoms. The lowest BCUT2D eigenvalue weighted by Gasteiger charge is -2.10. The average Bonchev–Trinajstić information content (AvgIpc) is 2.38. The van der Waals surface area contributed by atoms with E-state index in [1.807, 2.05) is 32.9 Å². The van der Waals surface area contributed by atoms with Crippen LogP contribution in [-0.2, 0) is 6.42 Å². The zero-order valence-corrected chi connectivity index (χ0v) is 12.1. The predicted octanol–water partition coefficient (Wildman–Crippen LogP) is 3.32. The van der Waals surface area contributed by atoms with Crippen molar-refractivity contribution in [2.45, 2.75) is 27.2 Å². The molecule has 4 heteroatoms. The van der Waals surface area contributed by atoms with E-state index in [0.717, 1.165) is 11.1 Å². The van der Waals surface area contributed by atoms with E-state index >= 15 is 0 Å². The molecule has 0 aliphatic carbocycles. The van der Waals surface area contributed by atoms with E-state index in [2.05, 4.69) is 0 Å². The maximum atomic E-state index is 12.0. The first-order valence-electron chi connectivity index (χ1n) is 6.41. The molecule has 0 aliphatic heterocycles. The van der Waals surface area contributed by atoms with Crippen LogP contribution in [-0.4, -0.2) is 12.2 Å². The maximum absolute atomic E-state index is 12.0. The van der Waals surface area contributed by atoms with Crippen molar-refractivity contribution in [2.24, 2.45) is 0 Å². The number of aryl methyl sites for hydroxylation is 1. The van der Waals surface area contributed by atoms with E-state index in [4.69, 9.17) is 9.15 Å². The maximum Gasteiger partial charge on any atom is 0.343 e. The minimum absolute atomic E-state index is 0.0230. The van der Waals surface area contributed by atoms with Gasteiger partial charge in [-0.25, -0.2) is 4.79 Å². The van der Waals surface area contributed by atoms with Gasteiger partial charge in [-0.2, -0.15) is 0 Å². The van der Waals surface area contributed by atoms with Crippen LogP contribution in [0.25, 0.3) is 11.0 Å². The number of allylic oxidation sites excluding steroid dienone is 2. The summed E-state index contributed by atoms with van der Waals surface area (Å²) in [6, 6.07) is 3.54. The lowest BCUT2D eigenvalue weighted by atomic mass is 10.0. The Morgan fingerprint density at radius 2 is 2.10 bits per heavy atom. The Balaban J connectivity index is 2.78. The van der Waals surface area contributed by atoms with Crippen LogP contribution in [0.4, 0.5) is 0 Å². The summed E-state index contributed by atoms with van der Waals surface area (Å²) in [5, 5.41) is 10.9. The molecule has 4 nitrogen and oxygen atoms in total. The highest BCUT2D eigenvalue weighted by molar-refractivity contribution is 5.91. The fourth-order valence-electron chi connectivity index (χ4n) is 2.11. The molecule has 2 aromatic rings. The van der Waals surface area contributed by atoms with Gasteiger partial charge in [0, 0.05) is 6.42 Å². The second-order valence-corrected chi connectivity index (χ2v) is 4.99. The van der Waals surface area contributed by atoms with Crippen molar-refractivity contribution < 1.29 is 14.3 Å². The van der Waals surface area contributed by atoms with Crippen molar-refractivity contribution in [3.63, 3.8) is 0 Å². The quantitative estimate of drug-likeness (QED) is 0.689. The SMILES string of the molecule is COc1ccc(C)c2c(O)c(CC=C(C)C)c(=O)oc12. The molecule has 0 amide bonds. The number of rotatable bonds is 3. The third-order valence-corrected chi connectivity index (χ3v) is 3.23. The van der Waals surface area contributed by atoms with Gasteiger partial charge in [0.15, 0.2) is 11.3 Å². The van der Waals surface area contributed by atoms with E-state index in [1.54, 1.807) is 6.07 Å². The van der Waals surface area contributed by atoms with Gasteiger partial charge in [0.2, 0.25) is 0 Å². The van der Waals surface area contributed by atoms with Crippen LogP contribution in [0.3, 0.4) is 0 Å². The number of hydrogen-bond acceptors (Lipinski definition) is 4. The summed E-state index contributed by atoms with van der Waals surface area (Å²) in [6.45, 7) is 5.73. The molecule has 20 heavy (non-hydrogen) atoms. The number of aromatic hydroxyl groups is 1. The lowest BCUT2D eigenvalue weighted by Crippen LogP contribution is -2.08. The third-order valence-electron chi connectivity index (χ3n) is 3.23. The molecule has 1 aromatic carbocycles. The number of fused-ring (bicyclic) bond motifs is 1. The summed E-state index contributed by atoms with van der Waals surface area (Å²) in [6.07, 6.45) is 2.23. The summed E-state index contributed by atoms with van der Waals surface area (Å²) in [4.78, 5) is 12.0. The molecular formula is C16H18O4. The van der Waals surface area contributed by atoms with Gasteiger partial charge in [0.25, 0.3) is 0 Å². The normalized spacial score (nSPS) is 10.6. The van der Waals surface area contributed by atoms with Gasteiger partial charge < -0.3 is 14.3 Å². The van der Waals surface area contributed by atoms with Gasteiger partial charge in [-0.1, -0.05) is 17.7 Å². The molecule has 0 radical (unpaired) electrons. The zero-order valence-electron chi connectivity index (χ0n) is 12.1. The Morgan fingerprint density at radius 3 is 2.70 bits per heavy atom. The third kappa shape index (κ3) is 2.41. The van der Waals surface area contributed by atoms with Crippen LogP contribution in [0.1, 0.15) is 25.0 Å². The van der Waals surface area contributed by atoms with Crippen molar-refractivity contribution in [3.05, 3.63) is 45.3 Å². The van der Waals surface area contributed by atoms with E-state index in [9.17, 15) is 9.90 Å². The van der Waals surface area contributed by atoms with Crippen molar-refractivity contribution >= 4 is 11.0 Å². The van der Waals surface area contributed by atoms with Crippen molar-refractivity contribution in [1.29, 1.82) is 0 Å². The van der Waals surface area contributed by atoms with Gasteiger partial charge in [-0.3, -0.25) is 0 Å². The molecule has 0 fully saturated rings. The molecule has 0 aliphatic rings. The molecule has 0 unspecified atom stereocenters. The monoisotopic (exact) mass is 274 g/mol. The molecule has 106 valence electrons. The Labute approximate surface area is 117 Å². The van der Waals surface area contributed by atoms with Crippen molar-refractivity contribution in [2.75, 3.05) is 7.11 Å². The summed E-state index contributed by atoms with van der Waals surface area (Å²) >= 11 is 0. The largest absolute Gasteiger partial charge is 0.507 e. The van der Waals surface area contributed by atoms with E-state index in [0.29, 0.717) is 17.6 Å². The Hall–Kier alpha value is -2.23. The fourth-order valence-corrected chi connectivity index (χ4v) is 2.11. The van der Waals surface area contributed by atoms with Crippen LogP contribution in [0.2, 0.25) is 0 Å². The first kappa shape index (κ1) is 14.2. The number of benzene rings is 1. The van der Waals surface area contributed by atoms with Crippen molar-refractivity contribution in [3.8, 4) is 11.5 Å². The summed E-state index contributed by atoms with van der Waals surface area (Å²) in [5.41, 5.74) is 1.94. The molecule has 1 N–H and O–H groups in total. The summed E-state index contributed by atoms with van der Waals surface area (Å²) < 4.78 is 10.5. The smallest absolute Gasteiger partial charge is 0.343 e. The Kier molecular flexibility index (Phi) is 3.84. The molecule has 2 rings (SSSR count). The number of ether oxygens (including phenoxy) is 1. The minimum Gasteiger partial charge on any atom is -0.507 e. The number of hydrogen-bond donors (Lipinski definition) is 1. The fraction of sp³-hybridized carbons (Fsp3) is 0.312. The molecule has 1 heterocycles. The van der Waals surface area contributed by atoms with Crippen LogP contribution in [0.15, 0.2) is 33.0 Å². The molecular weight excluding hydrogens is 256 g/mol. The first-order valence-corrected chi connectivity index (χ1v) is 6.41. The van der Waals surface area contributed by atoms with E-state index < -0.39 is 5.63 Å². The van der Waals surface area contributed by atoms with Crippen LogP contribution < -0.4 is 10.4 Å². The Morgan fingerprint density at radius 1 is 1.40 bits per heavy atom. The van der Waals surface area contributed by atoms with Crippen LogP contribution in [0.5, 0.6) is 11.5 Å². The molecule has 0 saturated heterocycles. The molecule has 0 spiro atoms. The highest BCUT2D eigenvalue weighted by atomic mass is 16.5. The zero-order chi connectivity index (χ0) is 14.9. The molecule has 1 aromatic heterocycles. The molecule has 0 atom stereocenters. The highest BCUT2D eigenvalue weighted by Gasteiger charge is 2.17. The molecule has 0 saturated carbocycles. The Bertz CT molecular complexity index is 734. The van der Waals surface area contributed by atoms with Gasteiger partial charge in [0.1, 0.15) is 5.75 Å². The van der Waals surface area contributed by atoms with Gasteiger partial charge in [0.05, 0.1) is 18.1 Å². The van der Waals surface area contributed by atoms with Crippen molar-refractivity contribution in [1.82, 2.24) is 0 Å². The average molecular weight is 274 g/mol. The van der Waals surface area contributed by atoms with E-state index in [-0.39, 0.29) is 16.9 Å². The number of methoxy groups -OCH3 is 1. The first-order chi connectivity index (χ1) is 9.45. The van der Waals surface area contributed by atoms with Gasteiger partial charge in [-0.15, -0.1) is 0 Å². The van der Waals surface area contributed by atoms with Gasteiger partial charge in [-0.05, 0) is 32.4 Å². The summed E-state index contributed by atoms with van der Waals surface area (Å²) in [7, 11) is 1.50. The lowest BCUT2D eigenvalue weighted by molar-refractivity contribution is 0.403. The van der Waals surface area contributed by atoms with E-state index in [1.165, 1.54) is 7.11 Å². The topological polar surface area (TPSA) is 59.7 Å². The van der Waals surface area contributed by atoms with Crippen LogP contribution in [0, 0.1) is 6.92 Å². The van der Waals surface area contributed by atoms with Crippen LogP contribution >= 0.6 is 0 Å². The predicted molar refractivity (Wildman–Crippen MR) is 78.6 cm³/mol. The minimum atomic E-state index is -0.531. The van der Waals surface area contributed by atoms with Gasteiger partial charge >= 0.3 is 5.63 Å². The second kappa shape index (κ2) is 5.41. The second-order valence-electron chi connectivity index (χ2n) is 4.99. The summed E-state index contributed by atoms with van der Waals surface area (Å²) in [5.74, 6) is 0.414. The highest BCUT2D eigenvalue weighted by Crippen LogP contribution is 2.35.